The fourth-order valence-corrected chi connectivity index (χ4v) is 4.35. The van der Waals surface area contributed by atoms with Crippen LogP contribution in [0, 0.1) is 0 Å². The molecule has 2 aliphatic heterocycles. The average Bonchev–Trinajstić information content (AvgIpc) is 3.16. The largest absolute Gasteiger partial charge is 0.444 e. The van der Waals surface area contributed by atoms with Crippen LogP contribution in [0.15, 0.2) is 28.7 Å². The number of carbonyl (C=O) groups is 2. The van der Waals surface area contributed by atoms with Crippen LogP contribution in [0.5, 0.6) is 0 Å². The molecule has 2 saturated heterocycles. The first-order valence-electron chi connectivity index (χ1n) is 10.3. The topological polar surface area (TPSA) is 67.9 Å². The Morgan fingerprint density at radius 1 is 1.24 bits per heavy atom. The number of ether oxygens (including phenoxy) is 2. The lowest BCUT2D eigenvalue weighted by Crippen LogP contribution is -2.51. The van der Waals surface area contributed by atoms with Gasteiger partial charge in [-0.3, -0.25) is 9.69 Å². The zero-order chi connectivity index (χ0) is 21.1. The number of hydrogen-bond donors (Lipinski definition) is 1. The molecule has 2 amide bonds. The molecular formula is C22H31BrN2O4. The van der Waals surface area contributed by atoms with Crippen molar-refractivity contribution in [1.82, 2.24) is 10.2 Å². The summed E-state index contributed by atoms with van der Waals surface area (Å²) in [6.07, 6.45) is 2.77. The van der Waals surface area contributed by atoms with Gasteiger partial charge in [0, 0.05) is 36.2 Å². The van der Waals surface area contributed by atoms with Crippen LogP contribution in [0.1, 0.15) is 52.0 Å². The minimum atomic E-state index is -0.575. The highest BCUT2D eigenvalue weighted by molar-refractivity contribution is 9.10. The van der Waals surface area contributed by atoms with Crippen LogP contribution in [0.3, 0.4) is 0 Å². The molecule has 2 aliphatic rings. The maximum absolute atomic E-state index is 13.0. The first-order valence-corrected chi connectivity index (χ1v) is 11.1. The standard InChI is InChI=1S/C22H31BrN2O4/c1-21(2,3)29-20(27)25-12-4-5-18(25)19(26)24-15-22(10-13-28-14-11-22)16-6-8-17(23)9-7-16/h6-9,18H,4-5,10-15H2,1-3H3,(H,24,26)/t18-/m0/s1. The molecule has 0 radical (unpaired) electrons. The third-order valence-electron chi connectivity index (χ3n) is 5.69. The van der Waals surface area contributed by atoms with Crippen molar-refractivity contribution in [3.63, 3.8) is 0 Å². The van der Waals surface area contributed by atoms with E-state index in [1.807, 2.05) is 32.9 Å². The number of likely N-dealkylation sites (tertiary alicyclic amines) is 1. The lowest BCUT2D eigenvalue weighted by atomic mass is 9.74. The Kier molecular flexibility index (Phi) is 6.89. The molecule has 0 aliphatic carbocycles. The van der Waals surface area contributed by atoms with E-state index in [2.05, 4.69) is 33.4 Å². The molecule has 0 saturated carbocycles. The van der Waals surface area contributed by atoms with E-state index in [-0.39, 0.29) is 11.3 Å². The molecule has 2 fully saturated rings. The predicted octanol–water partition coefficient (Wildman–Crippen LogP) is 4.01. The van der Waals surface area contributed by atoms with Gasteiger partial charge in [0.1, 0.15) is 11.6 Å². The Hall–Kier alpha value is -1.60. The number of rotatable bonds is 4. The maximum Gasteiger partial charge on any atom is 0.410 e. The number of carbonyl (C=O) groups excluding carboxylic acids is 2. The summed E-state index contributed by atoms with van der Waals surface area (Å²) in [6.45, 7) is 7.96. The second kappa shape index (κ2) is 9.04. The highest BCUT2D eigenvalue weighted by atomic mass is 79.9. The molecule has 0 unspecified atom stereocenters. The van der Waals surface area contributed by atoms with Gasteiger partial charge >= 0.3 is 6.09 Å². The Labute approximate surface area is 181 Å². The van der Waals surface area contributed by atoms with Crippen molar-refractivity contribution in [2.45, 2.75) is 63.5 Å². The van der Waals surface area contributed by atoms with E-state index >= 15 is 0 Å². The molecule has 1 aromatic rings. The fourth-order valence-electron chi connectivity index (χ4n) is 4.09. The van der Waals surface area contributed by atoms with Crippen molar-refractivity contribution in [1.29, 1.82) is 0 Å². The number of amides is 2. The van der Waals surface area contributed by atoms with Gasteiger partial charge in [0.15, 0.2) is 0 Å². The lowest BCUT2D eigenvalue weighted by Gasteiger charge is -2.38. The number of nitrogens with zero attached hydrogens (tertiary/aromatic N) is 1. The Balaban J connectivity index is 1.68. The summed E-state index contributed by atoms with van der Waals surface area (Å²) < 4.78 is 12.1. The van der Waals surface area contributed by atoms with Gasteiger partial charge < -0.3 is 14.8 Å². The summed E-state index contributed by atoms with van der Waals surface area (Å²) in [5, 5.41) is 3.14. The smallest absolute Gasteiger partial charge is 0.410 e. The highest BCUT2D eigenvalue weighted by Gasteiger charge is 2.39. The van der Waals surface area contributed by atoms with Gasteiger partial charge in [-0.1, -0.05) is 28.1 Å². The summed E-state index contributed by atoms with van der Waals surface area (Å²) in [5.41, 5.74) is 0.484. The van der Waals surface area contributed by atoms with Gasteiger partial charge in [-0.2, -0.15) is 0 Å². The molecule has 160 valence electrons. The maximum atomic E-state index is 13.0. The van der Waals surface area contributed by atoms with Crippen molar-refractivity contribution in [3.8, 4) is 0 Å². The molecule has 7 heteroatoms. The van der Waals surface area contributed by atoms with E-state index in [1.54, 1.807) is 4.90 Å². The lowest BCUT2D eigenvalue weighted by molar-refractivity contribution is -0.126. The van der Waals surface area contributed by atoms with Gasteiger partial charge in [0.2, 0.25) is 5.91 Å². The molecule has 0 spiro atoms. The van der Waals surface area contributed by atoms with E-state index in [9.17, 15) is 9.59 Å². The van der Waals surface area contributed by atoms with Crippen molar-refractivity contribution in [3.05, 3.63) is 34.3 Å². The van der Waals surface area contributed by atoms with Crippen LogP contribution < -0.4 is 5.32 Å². The zero-order valence-corrected chi connectivity index (χ0v) is 19.1. The van der Waals surface area contributed by atoms with Crippen molar-refractivity contribution in [2.24, 2.45) is 0 Å². The normalized spacial score (nSPS) is 21.7. The second-order valence-corrected chi connectivity index (χ2v) is 9.86. The van der Waals surface area contributed by atoms with Crippen molar-refractivity contribution in [2.75, 3.05) is 26.3 Å². The summed E-state index contributed by atoms with van der Waals surface area (Å²) >= 11 is 3.49. The Morgan fingerprint density at radius 2 is 1.90 bits per heavy atom. The van der Waals surface area contributed by atoms with Gasteiger partial charge in [0.25, 0.3) is 0 Å². The zero-order valence-electron chi connectivity index (χ0n) is 17.5. The number of benzene rings is 1. The molecule has 29 heavy (non-hydrogen) atoms. The second-order valence-electron chi connectivity index (χ2n) is 8.95. The molecule has 0 aromatic heterocycles. The minimum absolute atomic E-state index is 0.101. The molecular weight excluding hydrogens is 436 g/mol. The van der Waals surface area contributed by atoms with E-state index < -0.39 is 17.7 Å². The fraction of sp³-hybridized carbons (Fsp3) is 0.636. The van der Waals surface area contributed by atoms with Crippen LogP contribution in [0.4, 0.5) is 4.79 Å². The Morgan fingerprint density at radius 3 is 2.52 bits per heavy atom. The SMILES string of the molecule is CC(C)(C)OC(=O)N1CCC[C@H]1C(=O)NCC1(c2ccc(Br)cc2)CCOCC1. The molecule has 1 N–H and O–H groups in total. The summed E-state index contributed by atoms with van der Waals surface area (Å²) in [4.78, 5) is 27.1. The number of nitrogens with one attached hydrogen (secondary N) is 1. The van der Waals surface area contributed by atoms with Gasteiger partial charge in [-0.25, -0.2) is 4.79 Å². The molecule has 0 bridgehead atoms. The van der Waals surface area contributed by atoms with E-state index in [1.165, 1.54) is 5.56 Å². The first-order chi connectivity index (χ1) is 13.7. The van der Waals surface area contributed by atoms with Crippen LogP contribution in [-0.4, -0.2) is 54.8 Å². The van der Waals surface area contributed by atoms with Crippen LogP contribution in [0.2, 0.25) is 0 Å². The van der Waals surface area contributed by atoms with Crippen molar-refractivity contribution < 1.29 is 19.1 Å². The molecule has 1 atom stereocenters. The third-order valence-corrected chi connectivity index (χ3v) is 6.22. The number of hydrogen-bond acceptors (Lipinski definition) is 4. The van der Waals surface area contributed by atoms with Crippen LogP contribution in [-0.2, 0) is 19.7 Å². The third kappa shape index (κ3) is 5.51. The molecule has 1 aromatic carbocycles. The Bertz CT molecular complexity index is 723. The van der Waals surface area contributed by atoms with Gasteiger partial charge in [-0.05, 0) is 64.2 Å². The van der Waals surface area contributed by atoms with E-state index in [4.69, 9.17) is 9.47 Å². The quantitative estimate of drug-likeness (QED) is 0.727. The van der Waals surface area contributed by atoms with Crippen LogP contribution >= 0.6 is 15.9 Å². The number of halogens is 1. The van der Waals surface area contributed by atoms with E-state index in [0.29, 0.717) is 32.7 Å². The molecule has 2 heterocycles. The average molecular weight is 467 g/mol. The van der Waals surface area contributed by atoms with Crippen molar-refractivity contribution >= 4 is 27.9 Å². The van der Waals surface area contributed by atoms with E-state index in [0.717, 1.165) is 23.7 Å². The predicted molar refractivity (Wildman–Crippen MR) is 115 cm³/mol. The minimum Gasteiger partial charge on any atom is -0.444 e. The summed E-state index contributed by atoms with van der Waals surface area (Å²) in [5.74, 6) is -0.101. The molecule has 6 nitrogen and oxygen atoms in total. The first kappa shape index (κ1) is 22.1. The van der Waals surface area contributed by atoms with Crippen LogP contribution in [0.25, 0.3) is 0 Å². The molecule has 3 rings (SSSR count). The van der Waals surface area contributed by atoms with Gasteiger partial charge in [-0.15, -0.1) is 0 Å². The summed E-state index contributed by atoms with van der Waals surface area (Å²) in [6, 6.07) is 7.84. The summed E-state index contributed by atoms with van der Waals surface area (Å²) in [7, 11) is 0. The highest BCUT2D eigenvalue weighted by Crippen LogP contribution is 2.35. The van der Waals surface area contributed by atoms with Gasteiger partial charge in [0.05, 0.1) is 0 Å². The monoisotopic (exact) mass is 466 g/mol.